The largest absolute Gasteiger partial charge is 0.359 e. The van der Waals surface area contributed by atoms with Gasteiger partial charge in [0.15, 0.2) is 0 Å². The molecule has 0 saturated heterocycles. The third kappa shape index (κ3) is 6.14. The lowest BCUT2D eigenvalue weighted by Crippen LogP contribution is -2.30. The second-order valence-electron chi connectivity index (χ2n) is 6.02. The van der Waals surface area contributed by atoms with Gasteiger partial charge in [0.1, 0.15) is 12.7 Å². The standard InChI is InChI=1S/C20H26N2O2/c1-22(2)15-9-14-21-19(23)16-24-20(17-10-5-3-6-11-17)18-12-7-4-8-13-18/h3-8,10-13,20H,9,14-16H2,1-2H3,(H,21,23). The smallest absolute Gasteiger partial charge is 0.246 e. The minimum atomic E-state index is -0.236. The Balaban J connectivity index is 1.91. The number of carbonyl (C=O) groups is 1. The van der Waals surface area contributed by atoms with Crippen molar-refractivity contribution in [2.24, 2.45) is 0 Å². The van der Waals surface area contributed by atoms with Crippen LogP contribution in [0.3, 0.4) is 0 Å². The molecule has 0 aliphatic heterocycles. The highest BCUT2D eigenvalue weighted by atomic mass is 16.5. The van der Waals surface area contributed by atoms with Crippen LogP contribution in [0.5, 0.6) is 0 Å². The first kappa shape index (κ1) is 18.2. The molecule has 0 bridgehead atoms. The van der Waals surface area contributed by atoms with Gasteiger partial charge in [-0.25, -0.2) is 0 Å². The van der Waals surface area contributed by atoms with Crippen LogP contribution in [0.4, 0.5) is 0 Å². The first-order valence-electron chi connectivity index (χ1n) is 8.29. The lowest BCUT2D eigenvalue weighted by molar-refractivity contribution is -0.127. The van der Waals surface area contributed by atoms with Crippen molar-refractivity contribution < 1.29 is 9.53 Å². The minimum absolute atomic E-state index is 0.0520. The quantitative estimate of drug-likeness (QED) is 0.721. The fourth-order valence-corrected chi connectivity index (χ4v) is 2.47. The van der Waals surface area contributed by atoms with Gasteiger partial charge in [-0.05, 0) is 38.2 Å². The maximum atomic E-state index is 12.0. The van der Waals surface area contributed by atoms with E-state index in [1.165, 1.54) is 0 Å². The zero-order valence-electron chi connectivity index (χ0n) is 14.4. The van der Waals surface area contributed by atoms with Gasteiger partial charge in [-0.1, -0.05) is 60.7 Å². The summed E-state index contributed by atoms with van der Waals surface area (Å²) in [6, 6.07) is 20.0. The van der Waals surface area contributed by atoms with Crippen LogP contribution < -0.4 is 5.32 Å². The number of benzene rings is 2. The van der Waals surface area contributed by atoms with Crippen molar-refractivity contribution in [3.8, 4) is 0 Å². The predicted molar refractivity (Wildman–Crippen MR) is 96.9 cm³/mol. The summed E-state index contributed by atoms with van der Waals surface area (Å²) < 4.78 is 5.93. The minimum Gasteiger partial charge on any atom is -0.359 e. The second kappa shape index (κ2) is 9.85. The Kier molecular flexibility index (Phi) is 7.46. The number of hydrogen-bond donors (Lipinski definition) is 1. The molecule has 0 aliphatic rings. The SMILES string of the molecule is CN(C)CCCNC(=O)COC(c1ccccc1)c1ccccc1. The van der Waals surface area contributed by atoms with Crippen molar-refractivity contribution in [1.82, 2.24) is 10.2 Å². The van der Waals surface area contributed by atoms with E-state index in [9.17, 15) is 4.79 Å². The van der Waals surface area contributed by atoms with Crippen molar-refractivity contribution in [2.45, 2.75) is 12.5 Å². The molecule has 2 aromatic rings. The maximum absolute atomic E-state index is 12.0. The highest BCUT2D eigenvalue weighted by Gasteiger charge is 2.15. The summed E-state index contributed by atoms with van der Waals surface area (Å²) in [5, 5.41) is 2.91. The van der Waals surface area contributed by atoms with Crippen LogP contribution in [0, 0.1) is 0 Å². The van der Waals surface area contributed by atoms with Crippen molar-refractivity contribution >= 4 is 5.91 Å². The lowest BCUT2D eigenvalue weighted by atomic mass is 10.0. The fourth-order valence-electron chi connectivity index (χ4n) is 2.47. The van der Waals surface area contributed by atoms with Crippen molar-refractivity contribution in [3.05, 3.63) is 71.8 Å². The van der Waals surface area contributed by atoms with E-state index in [0.29, 0.717) is 6.54 Å². The first-order chi connectivity index (χ1) is 11.7. The molecule has 0 unspecified atom stereocenters. The zero-order valence-corrected chi connectivity index (χ0v) is 14.4. The van der Waals surface area contributed by atoms with Crippen molar-refractivity contribution in [2.75, 3.05) is 33.8 Å². The molecule has 0 radical (unpaired) electrons. The van der Waals surface area contributed by atoms with Crippen LogP contribution in [-0.2, 0) is 9.53 Å². The third-order valence-electron chi connectivity index (χ3n) is 3.69. The highest BCUT2D eigenvalue weighted by molar-refractivity contribution is 5.77. The molecule has 0 spiro atoms. The molecule has 2 aromatic carbocycles. The summed E-state index contributed by atoms with van der Waals surface area (Å²) in [5.41, 5.74) is 2.09. The summed E-state index contributed by atoms with van der Waals surface area (Å²) in [6.45, 7) is 1.68. The van der Waals surface area contributed by atoms with Crippen LogP contribution in [0.25, 0.3) is 0 Å². The molecule has 24 heavy (non-hydrogen) atoms. The van der Waals surface area contributed by atoms with E-state index in [-0.39, 0.29) is 18.6 Å². The topological polar surface area (TPSA) is 41.6 Å². The average Bonchev–Trinajstić information content (AvgIpc) is 2.61. The summed E-state index contributed by atoms with van der Waals surface area (Å²) in [4.78, 5) is 14.1. The summed E-state index contributed by atoms with van der Waals surface area (Å²) in [7, 11) is 4.05. The number of ether oxygens (including phenoxy) is 1. The molecule has 128 valence electrons. The van der Waals surface area contributed by atoms with E-state index in [2.05, 4.69) is 10.2 Å². The summed E-state index contributed by atoms with van der Waals surface area (Å²) in [5.74, 6) is -0.0781. The Morgan fingerprint density at radius 3 is 2.04 bits per heavy atom. The molecule has 0 aliphatic carbocycles. The van der Waals surface area contributed by atoms with Gasteiger partial charge in [0.25, 0.3) is 0 Å². The Morgan fingerprint density at radius 2 is 1.54 bits per heavy atom. The van der Waals surface area contributed by atoms with E-state index in [1.807, 2.05) is 74.8 Å². The fraction of sp³-hybridized carbons (Fsp3) is 0.350. The number of nitrogens with one attached hydrogen (secondary N) is 1. The monoisotopic (exact) mass is 326 g/mol. The highest BCUT2D eigenvalue weighted by Crippen LogP contribution is 2.25. The van der Waals surface area contributed by atoms with Crippen molar-refractivity contribution in [1.29, 1.82) is 0 Å². The molecule has 0 heterocycles. The molecule has 1 N–H and O–H groups in total. The molecule has 2 rings (SSSR count). The summed E-state index contributed by atoms with van der Waals surface area (Å²) in [6.07, 6.45) is 0.694. The van der Waals surface area contributed by atoms with Crippen LogP contribution in [0.15, 0.2) is 60.7 Å². The molecule has 4 heteroatoms. The summed E-state index contributed by atoms with van der Waals surface area (Å²) >= 11 is 0. The molecule has 0 fully saturated rings. The van der Waals surface area contributed by atoms with Crippen LogP contribution >= 0.6 is 0 Å². The normalized spacial score (nSPS) is 11.0. The van der Waals surface area contributed by atoms with E-state index in [0.717, 1.165) is 24.1 Å². The number of nitrogens with zero attached hydrogens (tertiary/aromatic N) is 1. The Labute approximate surface area is 144 Å². The van der Waals surface area contributed by atoms with Gasteiger partial charge in [0, 0.05) is 6.54 Å². The Morgan fingerprint density at radius 1 is 1.00 bits per heavy atom. The Hall–Kier alpha value is -2.17. The first-order valence-corrected chi connectivity index (χ1v) is 8.29. The molecule has 0 atom stereocenters. The molecule has 4 nitrogen and oxygen atoms in total. The number of hydrogen-bond acceptors (Lipinski definition) is 3. The predicted octanol–water partition coefficient (Wildman–Crippen LogP) is 2.86. The van der Waals surface area contributed by atoms with Gasteiger partial charge >= 0.3 is 0 Å². The maximum Gasteiger partial charge on any atom is 0.246 e. The number of rotatable bonds is 9. The van der Waals surface area contributed by atoms with Crippen LogP contribution in [-0.4, -0.2) is 44.6 Å². The van der Waals surface area contributed by atoms with Gasteiger partial charge in [-0.3, -0.25) is 4.79 Å². The van der Waals surface area contributed by atoms with Crippen LogP contribution in [0.2, 0.25) is 0 Å². The van der Waals surface area contributed by atoms with E-state index in [1.54, 1.807) is 0 Å². The van der Waals surface area contributed by atoms with E-state index in [4.69, 9.17) is 4.74 Å². The van der Waals surface area contributed by atoms with Crippen LogP contribution in [0.1, 0.15) is 23.7 Å². The second-order valence-corrected chi connectivity index (χ2v) is 6.02. The van der Waals surface area contributed by atoms with E-state index < -0.39 is 0 Å². The van der Waals surface area contributed by atoms with Gasteiger partial charge in [0.05, 0.1) is 0 Å². The average molecular weight is 326 g/mol. The van der Waals surface area contributed by atoms with Crippen molar-refractivity contribution in [3.63, 3.8) is 0 Å². The Bertz CT molecular complexity index is 560. The number of amides is 1. The molecule has 0 aromatic heterocycles. The lowest BCUT2D eigenvalue weighted by Gasteiger charge is -2.19. The van der Waals surface area contributed by atoms with Gasteiger partial charge < -0.3 is 15.0 Å². The molecule has 1 amide bonds. The van der Waals surface area contributed by atoms with Gasteiger partial charge in [-0.2, -0.15) is 0 Å². The van der Waals surface area contributed by atoms with Gasteiger partial charge in [-0.15, -0.1) is 0 Å². The third-order valence-corrected chi connectivity index (χ3v) is 3.69. The number of carbonyl (C=O) groups excluding carboxylic acids is 1. The van der Waals surface area contributed by atoms with E-state index >= 15 is 0 Å². The molecular formula is C20H26N2O2. The van der Waals surface area contributed by atoms with Gasteiger partial charge in [0.2, 0.25) is 5.91 Å². The molecule has 0 saturated carbocycles. The molecular weight excluding hydrogens is 300 g/mol. The zero-order chi connectivity index (χ0) is 17.2.